The lowest BCUT2D eigenvalue weighted by Gasteiger charge is -2.09. The third-order valence-electron chi connectivity index (χ3n) is 2.53. The monoisotopic (exact) mass is 330 g/mol. The van der Waals surface area contributed by atoms with E-state index in [0.29, 0.717) is 5.75 Å². The molecule has 1 atom stereocenters. The van der Waals surface area contributed by atoms with Gasteiger partial charge in [0.2, 0.25) is 5.91 Å². The van der Waals surface area contributed by atoms with Gasteiger partial charge in [0.1, 0.15) is 0 Å². The quantitative estimate of drug-likeness (QED) is 0.842. The highest BCUT2D eigenvalue weighted by Gasteiger charge is 2.05. The van der Waals surface area contributed by atoms with Crippen molar-refractivity contribution in [2.24, 2.45) is 5.73 Å². The van der Waals surface area contributed by atoms with Crippen LogP contribution in [0.3, 0.4) is 0 Å². The van der Waals surface area contributed by atoms with Crippen molar-refractivity contribution >= 4 is 39.3 Å². The van der Waals surface area contributed by atoms with E-state index in [1.54, 1.807) is 11.8 Å². The summed E-state index contributed by atoms with van der Waals surface area (Å²) >= 11 is 5.00. The average molecular weight is 331 g/mol. The van der Waals surface area contributed by atoms with Crippen LogP contribution in [0.5, 0.6) is 0 Å². The number of rotatable bonds is 6. The Balaban J connectivity index is 2.38. The molecule has 0 saturated heterocycles. The number of anilines is 1. The van der Waals surface area contributed by atoms with Gasteiger partial charge in [-0.3, -0.25) is 4.79 Å². The van der Waals surface area contributed by atoms with Gasteiger partial charge in [-0.25, -0.2) is 0 Å². The second-order valence-corrected chi connectivity index (χ2v) is 6.08. The van der Waals surface area contributed by atoms with Crippen LogP contribution in [0.2, 0.25) is 0 Å². The first-order valence-electron chi connectivity index (χ1n) is 5.92. The highest BCUT2D eigenvalue weighted by atomic mass is 79.9. The molecule has 0 aromatic heterocycles. The number of hydrogen-bond donors (Lipinski definition) is 2. The summed E-state index contributed by atoms with van der Waals surface area (Å²) in [4.78, 5) is 11.7. The molecule has 1 unspecified atom stereocenters. The second-order valence-electron chi connectivity index (χ2n) is 4.20. The molecule has 0 aliphatic carbocycles. The molecule has 0 aliphatic rings. The van der Waals surface area contributed by atoms with E-state index in [0.717, 1.165) is 27.9 Å². The van der Waals surface area contributed by atoms with Crippen LogP contribution < -0.4 is 11.1 Å². The van der Waals surface area contributed by atoms with Crippen molar-refractivity contribution in [3.63, 3.8) is 0 Å². The van der Waals surface area contributed by atoms with Crippen LogP contribution in [-0.2, 0) is 4.79 Å². The molecule has 0 spiro atoms. The number of nitrogens with one attached hydrogen (secondary N) is 1. The fourth-order valence-corrected chi connectivity index (χ4v) is 2.50. The van der Waals surface area contributed by atoms with Crippen molar-refractivity contribution in [3.8, 4) is 0 Å². The topological polar surface area (TPSA) is 55.1 Å². The van der Waals surface area contributed by atoms with Gasteiger partial charge in [-0.1, -0.05) is 22.9 Å². The van der Waals surface area contributed by atoms with Crippen molar-refractivity contribution in [2.45, 2.75) is 26.3 Å². The molecule has 0 fully saturated rings. The lowest BCUT2D eigenvalue weighted by molar-refractivity contribution is -0.113. The van der Waals surface area contributed by atoms with Crippen molar-refractivity contribution in [2.75, 3.05) is 16.8 Å². The van der Waals surface area contributed by atoms with Crippen LogP contribution in [0, 0.1) is 6.92 Å². The van der Waals surface area contributed by atoms with Crippen molar-refractivity contribution < 1.29 is 4.79 Å². The molecule has 1 aromatic carbocycles. The van der Waals surface area contributed by atoms with E-state index in [2.05, 4.69) is 28.2 Å². The summed E-state index contributed by atoms with van der Waals surface area (Å²) in [5.74, 6) is 1.29. The molecule has 1 rings (SSSR count). The van der Waals surface area contributed by atoms with Crippen LogP contribution in [0.15, 0.2) is 22.7 Å². The normalized spacial score (nSPS) is 12.2. The van der Waals surface area contributed by atoms with E-state index in [-0.39, 0.29) is 11.9 Å². The molecular weight excluding hydrogens is 312 g/mol. The number of carbonyl (C=O) groups excluding carboxylic acids is 1. The number of halogens is 1. The SMILES string of the molecule is CCC(N)CSCC(=O)Nc1ccc(Br)c(C)c1. The van der Waals surface area contributed by atoms with Crippen LogP contribution in [0.1, 0.15) is 18.9 Å². The molecule has 3 nitrogen and oxygen atoms in total. The van der Waals surface area contributed by atoms with Gasteiger partial charge in [-0.15, -0.1) is 0 Å². The summed E-state index contributed by atoms with van der Waals surface area (Å²) in [5, 5.41) is 2.88. The highest BCUT2D eigenvalue weighted by molar-refractivity contribution is 9.10. The molecule has 100 valence electrons. The Morgan fingerprint density at radius 1 is 1.56 bits per heavy atom. The van der Waals surface area contributed by atoms with Gasteiger partial charge >= 0.3 is 0 Å². The van der Waals surface area contributed by atoms with Gasteiger partial charge in [-0.2, -0.15) is 11.8 Å². The summed E-state index contributed by atoms with van der Waals surface area (Å²) in [6.45, 7) is 4.05. The molecular formula is C13H19BrN2OS. The average Bonchev–Trinajstić information content (AvgIpc) is 2.33. The molecule has 0 bridgehead atoms. The predicted molar refractivity (Wildman–Crippen MR) is 83.1 cm³/mol. The van der Waals surface area contributed by atoms with Crippen LogP contribution in [-0.4, -0.2) is 23.5 Å². The first kappa shape index (κ1) is 15.5. The number of thioether (sulfide) groups is 1. The fraction of sp³-hybridized carbons (Fsp3) is 0.462. The minimum Gasteiger partial charge on any atom is -0.327 e. The molecule has 1 amide bonds. The Kier molecular flexibility index (Phi) is 6.75. The molecule has 3 N–H and O–H groups in total. The van der Waals surface area contributed by atoms with E-state index in [4.69, 9.17) is 5.73 Å². The molecule has 5 heteroatoms. The number of hydrogen-bond acceptors (Lipinski definition) is 3. The number of nitrogens with two attached hydrogens (primary N) is 1. The van der Waals surface area contributed by atoms with E-state index in [1.807, 2.05) is 25.1 Å². The van der Waals surface area contributed by atoms with E-state index in [1.165, 1.54) is 0 Å². The van der Waals surface area contributed by atoms with Gasteiger partial charge < -0.3 is 11.1 Å². The Hall–Kier alpha value is -0.520. The Bertz CT molecular complexity index is 412. The molecule has 1 aromatic rings. The zero-order valence-electron chi connectivity index (χ0n) is 10.7. The summed E-state index contributed by atoms with van der Waals surface area (Å²) in [6.07, 6.45) is 0.945. The summed E-state index contributed by atoms with van der Waals surface area (Å²) in [7, 11) is 0. The number of amides is 1. The van der Waals surface area contributed by atoms with Gasteiger partial charge in [-0.05, 0) is 37.1 Å². The number of benzene rings is 1. The number of carbonyl (C=O) groups is 1. The Labute approximate surface area is 121 Å². The van der Waals surface area contributed by atoms with Gasteiger partial charge in [0.25, 0.3) is 0 Å². The first-order chi connectivity index (χ1) is 8.52. The molecule has 0 radical (unpaired) electrons. The maximum Gasteiger partial charge on any atom is 0.234 e. The molecule has 0 heterocycles. The second kappa shape index (κ2) is 7.81. The third-order valence-corrected chi connectivity index (χ3v) is 4.55. The summed E-state index contributed by atoms with van der Waals surface area (Å²) < 4.78 is 1.05. The van der Waals surface area contributed by atoms with Crippen LogP contribution >= 0.6 is 27.7 Å². The predicted octanol–water partition coefficient (Wildman–Crippen LogP) is 3.17. The fourth-order valence-electron chi connectivity index (χ4n) is 1.34. The standard InChI is InChI=1S/C13H19BrN2OS/c1-3-10(15)7-18-8-13(17)16-11-4-5-12(14)9(2)6-11/h4-6,10H,3,7-8,15H2,1-2H3,(H,16,17). The summed E-state index contributed by atoms with van der Waals surface area (Å²) in [6, 6.07) is 5.95. The molecule has 0 saturated carbocycles. The lowest BCUT2D eigenvalue weighted by atomic mass is 10.2. The van der Waals surface area contributed by atoms with Gasteiger partial charge in [0.15, 0.2) is 0 Å². The van der Waals surface area contributed by atoms with Crippen LogP contribution in [0.4, 0.5) is 5.69 Å². The minimum absolute atomic E-state index is 0.0185. The Morgan fingerprint density at radius 2 is 2.28 bits per heavy atom. The molecule has 0 aliphatic heterocycles. The van der Waals surface area contributed by atoms with Crippen molar-refractivity contribution in [3.05, 3.63) is 28.2 Å². The van der Waals surface area contributed by atoms with Crippen molar-refractivity contribution in [1.82, 2.24) is 0 Å². The maximum atomic E-state index is 11.7. The van der Waals surface area contributed by atoms with Gasteiger partial charge in [0, 0.05) is 22.0 Å². The zero-order valence-corrected chi connectivity index (χ0v) is 13.1. The Morgan fingerprint density at radius 3 is 2.89 bits per heavy atom. The zero-order chi connectivity index (χ0) is 13.5. The smallest absolute Gasteiger partial charge is 0.234 e. The largest absolute Gasteiger partial charge is 0.327 e. The van der Waals surface area contributed by atoms with E-state index >= 15 is 0 Å². The maximum absolute atomic E-state index is 11.7. The molecule has 18 heavy (non-hydrogen) atoms. The van der Waals surface area contributed by atoms with Gasteiger partial charge in [0.05, 0.1) is 5.75 Å². The van der Waals surface area contributed by atoms with E-state index < -0.39 is 0 Å². The highest BCUT2D eigenvalue weighted by Crippen LogP contribution is 2.20. The van der Waals surface area contributed by atoms with E-state index in [9.17, 15) is 4.79 Å². The first-order valence-corrected chi connectivity index (χ1v) is 7.87. The number of aryl methyl sites for hydroxylation is 1. The van der Waals surface area contributed by atoms with Crippen molar-refractivity contribution in [1.29, 1.82) is 0 Å². The van der Waals surface area contributed by atoms with Crippen LogP contribution in [0.25, 0.3) is 0 Å². The minimum atomic E-state index is 0.0185. The summed E-state index contributed by atoms with van der Waals surface area (Å²) in [5.41, 5.74) is 7.73. The lowest BCUT2D eigenvalue weighted by Crippen LogP contribution is -2.23. The third kappa shape index (κ3) is 5.42.